The first kappa shape index (κ1) is 14.4. The quantitative estimate of drug-likeness (QED) is 0.898. The zero-order valence-corrected chi connectivity index (χ0v) is 12.3. The van der Waals surface area contributed by atoms with E-state index in [4.69, 9.17) is 0 Å². The molecular weight excluding hydrogens is 256 g/mol. The molecule has 2 rings (SSSR count). The van der Waals surface area contributed by atoms with E-state index in [2.05, 4.69) is 16.3 Å². The Morgan fingerprint density at radius 2 is 2.00 bits per heavy atom. The predicted octanol–water partition coefficient (Wildman–Crippen LogP) is 2.97. The summed E-state index contributed by atoms with van der Waals surface area (Å²) in [5.74, 6) is 0.594. The molecule has 104 valence electrons. The second-order valence-corrected chi connectivity index (χ2v) is 5.84. The Kier molecular flexibility index (Phi) is 5.73. The molecular formula is C15H22N2OS. The van der Waals surface area contributed by atoms with Gasteiger partial charge < -0.3 is 5.32 Å². The summed E-state index contributed by atoms with van der Waals surface area (Å²) in [5.41, 5.74) is 2.19. The molecule has 19 heavy (non-hydrogen) atoms. The summed E-state index contributed by atoms with van der Waals surface area (Å²) in [4.78, 5) is 14.2. The molecule has 0 unspecified atom stereocenters. The molecule has 0 aromatic heterocycles. The van der Waals surface area contributed by atoms with Crippen LogP contribution in [0.25, 0.3) is 0 Å². The Morgan fingerprint density at radius 3 is 2.74 bits per heavy atom. The number of nitrogens with zero attached hydrogens (tertiary/aromatic N) is 1. The van der Waals surface area contributed by atoms with Crippen molar-refractivity contribution >= 4 is 23.4 Å². The van der Waals surface area contributed by atoms with E-state index in [0.29, 0.717) is 5.75 Å². The van der Waals surface area contributed by atoms with E-state index in [1.165, 1.54) is 37.9 Å². The summed E-state index contributed by atoms with van der Waals surface area (Å²) in [7, 11) is 0. The van der Waals surface area contributed by atoms with Crippen LogP contribution in [0.2, 0.25) is 0 Å². The summed E-state index contributed by atoms with van der Waals surface area (Å²) in [6, 6.07) is 8.14. The standard InChI is InChI=1S/C15H22N2OS/c1-19-12-15(18)16-14-8-4-3-7-13(14)11-17-9-5-2-6-10-17/h3-4,7-8H,2,5-6,9-12H2,1H3,(H,16,18). The van der Waals surface area contributed by atoms with Gasteiger partial charge in [0.05, 0.1) is 5.75 Å². The zero-order chi connectivity index (χ0) is 13.5. The van der Waals surface area contributed by atoms with Gasteiger partial charge in [-0.2, -0.15) is 11.8 Å². The second-order valence-electron chi connectivity index (χ2n) is 4.98. The average molecular weight is 278 g/mol. The number of carbonyl (C=O) groups excluding carboxylic acids is 1. The van der Waals surface area contributed by atoms with E-state index in [9.17, 15) is 4.79 Å². The van der Waals surface area contributed by atoms with Crippen LogP contribution in [0.15, 0.2) is 24.3 Å². The molecule has 0 spiro atoms. The lowest BCUT2D eigenvalue weighted by atomic mass is 10.1. The van der Waals surface area contributed by atoms with Crippen molar-refractivity contribution in [2.24, 2.45) is 0 Å². The molecule has 0 bridgehead atoms. The van der Waals surface area contributed by atoms with Crippen LogP contribution < -0.4 is 5.32 Å². The van der Waals surface area contributed by atoms with Gasteiger partial charge in [-0.15, -0.1) is 0 Å². The van der Waals surface area contributed by atoms with Crippen molar-refractivity contribution in [3.63, 3.8) is 0 Å². The molecule has 1 aromatic rings. The highest BCUT2D eigenvalue weighted by atomic mass is 32.2. The molecule has 1 N–H and O–H groups in total. The molecule has 0 atom stereocenters. The number of carbonyl (C=O) groups is 1. The number of para-hydroxylation sites is 1. The van der Waals surface area contributed by atoms with Crippen LogP contribution in [0.3, 0.4) is 0 Å². The minimum atomic E-state index is 0.0820. The van der Waals surface area contributed by atoms with Gasteiger partial charge in [0.2, 0.25) is 5.91 Å². The van der Waals surface area contributed by atoms with Crippen LogP contribution in [-0.2, 0) is 11.3 Å². The molecule has 3 nitrogen and oxygen atoms in total. The molecule has 1 heterocycles. The zero-order valence-electron chi connectivity index (χ0n) is 11.5. The number of amides is 1. The van der Waals surface area contributed by atoms with Crippen molar-refractivity contribution in [3.8, 4) is 0 Å². The molecule has 1 saturated heterocycles. The third kappa shape index (κ3) is 4.55. The van der Waals surface area contributed by atoms with Crippen molar-refractivity contribution in [3.05, 3.63) is 29.8 Å². The maximum Gasteiger partial charge on any atom is 0.234 e. The van der Waals surface area contributed by atoms with Gasteiger partial charge in [-0.05, 0) is 43.8 Å². The number of anilines is 1. The van der Waals surface area contributed by atoms with Gasteiger partial charge in [-0.1, -0.05) is 24.6 Å². The fraction of sp³-hybridized carbons (Fsp3) is 0.533. The van der Waals surface area contributed by atoms with E-state index >= 15 is 0 Å². The summed E-state index contributed by atoms with van der Waals surface area (Å²) >= 11 is 1.55. The van der Waals surface area contributed by atoms with Crippen LogP contribution in [0, 0.1) is 0 Å². The molecule has 4 heteroatoms. The van der Waals surface area contributed by atoms with Gasteiger partial charge in [-0.3, -0.25) is 9.69 Å². The highest BCUT2D eigenvalue weighted by Crippen LogP contribution is 2.20. The maximum atomic E-state index is 11.7. The highest BCUT2D eigenvalue weighted by Gasteiger charge is 2.13. The predicted molar refractivity (Wildman–Crippen MR) is 82.6 cm³/mol. The summed E-state index contributed by atoms with van der Waals surface area (Å²) in [6.07, 6.45) is 5.88. The SMILES string of the molecule is CSCC(=O)Nc1ccccc1CN1CCCCC1. The average Bonchev–Trinajstić information content (AvgIpc) is 2.42. The molecule has 0 radical (unpaired) electrons. The molecule has 1 aliphatic rings. The lowest BCUT2D eigenvalue weighted by molar-refractivity contribution is -0.113. The van der Waals surface area contributed by atoms with Crippen molar-refractivity contribution in [1.82, 2.24) is 4.90 Å². The van der Waals surface area contributed by atoms with Gasteiger partial charge in [0, 0.05) is 12.2 Å². The number of rotatable bonds is 5. The number of benzene rings is 1. The van der Waals surface area contributed by atoms with E-state index in [1.54, 1.807) is 11.8 Å². The van der Waals surface area contributed by atoms with Gasteiger partial charge >= 0.3 is 0 Å². The smallest absolute Gasteiger partial charge is 0.234 e. The van der Waals surface area contributed by atoms with Crippen LogP contribution in [0.5, 0.6) is 0 Å². The summed E-state index contributed by atoms with van der Waals surface area (Å²) in [5, 5.41) is 3.01. The number of piperidine rings is 1. The van der Waals surface area contributed by atoms with Crippen LogP contribution in [-0.4, -0.2) is 35.9 Å². The number of hydrogen-bond acceptors (Lipinski definition) is 3. The van der Waals surface area contributed by atoms with E-state index < -0.39 is 0 Å². The van der Waals surface area contributed by atoms with Gasteiger partial charge in [0.25, 0.3) is 0 Å². The third-order valence-electron chi connectivity index (χ3n) is 3.41. The molecule has 1 aromatic carbocycles. The normalized spacial score (nSPS) is 16.3. The topological polar surface area (TPSA) is 32.3 Å². The number of thioether (sulfide) groups is 1. The van der Waals surface area contributed by atoms with E-state index in [0.717, 1.165) is 12.2 Å². The van der Waals surface area contributed by atoms with Crippen molar-refractivity contribution in [2.45, 2.75) is 25.8 Å². The summed E-state index contributed by atoms with van der Waals surface area (Å²) in [6.45, 7) is 3.29. The van der Waals surface area contributed by atoms with Crippen LogP contribution in [0.1, 0.15) is 24.8 Å². The van der Waals surface area contributed by atoms with Crippen LogP contribution >= 0.6 is 11.8 Å². The first-order chi connectivity index (χ1) is 9.29. The first-order valence-electron chi connectivity index (χ1n) is 6.88. The van der Waals surface area contributed by atoms with Gasteiger partial charge in [0.15, 0.2) is 0 Å². The van der Waals surface area contributed by atoms with Crippen molar-refractivity contribution in [1.29, 1.82) is 0 Å². The molecule has 1 aliphatic heterocycles. The molecule has 1 amide bonds. The minimum Gasteiger partial charge on any atom is -0.325 e. The molecule has 0 saturated carbocycles. The van der Waals surface area contributed by atoms with Gasteiger partial charge in [-0.25, -0.2) is 0 Å². The second kappa shape index (κ2) is 7.56. The Hall–Kier alpha value is -1.00. The van der Waals surface area contributed by atoms with Crippen molar-refractivity contribution < 1.29 is 4.79 Å². The van der Waals surface area contributed by atoms with Gasteiger partial charge in [0.1, 0.15) is 0 Å². The summed E-state index contributed by atoms with van der Waals surface area (Å²) < 4.78 is 0. The Balaban J connectivity index is 2.00. The van der Waals surface area contributed by atoms with Crippen molar-refractivity contribution in [2.75, 3.05) is 30.4 Å². The van der Waals surface area contributed by atoms with E-state index in [1.807, 2.05) is 24.5 Å². The monoisotopic (exact) mass is 278 g/mol. The first-order valence-corrected chi connectivity index (χ1v) is 8.28. The molecule has 1 fully saturated rings. The largest absolute Gasteiger partial charge is 0.325 e. The number of likely N-dealkylation sites (tertiary alicyclic amines) is 1. The Bertz CT molecular complexity index is 416. The van der Waals surface area contributed by atoms with E-state index in [-0.39, 0.29) is 5.91 Å². The fourth-order valence-electron chi connectivity index (χ4n) is 2.46. The van der Waals surface area contributed by atoms with Crippen LogP contribution in [0.4, 0.5) is 5.69 Å². The Morgan fingerprint density at radius 1 is 1.26 bits per heavy atom. The maximum absolute atomic E-state index is 11.7. The Labute approximate surface area is 119 Å². The number of hydrogen-bond donors (Lipinski definition) is 1. The lowest BCUT2D eigenvalue weighted by Gasteiger charge is -2.27. The third-order valence-corrected chi connectivity index (χ3v) is 3.96. The minimum absolute atomic E-state index is 0.0820. The number of nitrogens with one attached hydrogen (secondary N) is 1. The molecule has 0 aliphatic carbocycles. The lowest BCUT2D eigenvalue weighted by Crippen LogP contribution is -2.29. The highest BCUT2D eigenvalue weighted by molar-refractivity contribution is 7.99. The fourth-order valence-corrected chi connectivity index (χ4v) is 2.79.